The standard InChI is InChI=1S/C7H15O10P/c8-2(1-16-18(13,14)15)6-4(10)3(9)5(11)7(12)17-6/h2-12H,1H2,(H2,13,14,15)/t2-,3-,4-,5+,6+,7+/m1/s1. The second kappa shape index (κ2) is 5.88. The highest BCUT2D eigenvalue weighted by Gasteiger charge is 2.46. The lowest BCUT2D eigenvalue weighted by Gasteiger charge is -2.40. The number of rotatable bonds is 4. The molecule has 1 aliphatic heterocycles. The van der Waals surface area contributed by atoms with Crippen molar-refractivity contribution in [1.82, 2.24) is 0 Å². The van der Waals surface area contributed by atoms with Crippen LogP contribution >= 0.6 is 7.82 Å². The average Bonchev–Trinajstić information content (AvgIpc) is 2.27. The van der Waals surface area contributed by atoms with E-state index in [1.807, 2.05) is 0 Å². The molecule has 108 valence electrons. The monoisotopic (exact) mass is 290 g/mol. The van der Waals surface area contributed by atoms with Gasteiger partial charge in [0.1, 0.15) is 30.5 Å². The molecule has 0 unspecified atom stereocenters. The first-order valence-electron chi connectivity index (χ1n) is 4.89. The van der Waals surface area contributed by atoms with Gasteiger partial charge in [0.25, 0.3) is 0 Å². The van der Waals surface area contributed by atoms with Gasteiger partial charge in [-0.2, -0.15) is 0 Å². The van der Waals surface area contributed by atoms with Crippen LogP contribution in [0.2, 0.25) is 0 Å². The lowest BCUT2D eigenvalue weighted by Crippen LogP contribution is -2.61. The SMILES string of the molecule is O=P(O)(O)OC[C@@H](O)[C@@H]1O[C@H](O)[C@@H](O)[C@H](O)[C@H]1O. The predicted octanol–water partition coefficient (Wildman–Crippen LogP) is -3.74. The lowest BCUT2D eigenvalue weighted by atomic mass is 9.96. The van der Waals surface area contributed by atoms with E-state index in [0.29, 0.717) is 0 Å². The van der Waals surface area contributed by atoms with E-state index >= 15 is 0 Å². The molecule has 0 bridgehead atoms. The largest absolute Gasteiger partial charge is 0.469 e. The third-order valence-electron chi connectivity index (χ3n) is 2.42. The molecule has 0 spiro atoms. The maximum Gasteiger partial charge on any atom is 0.469 e. The minimum absolute atomic E-state index is 0.887. The highest BCUT2D eigenvalue weighted by atomic mass is 31.2. The summed E-state index contributed by atoms with van der Waals surface area (Å²) in [5.41, 5.74) is 0. The van der Waals surface area contributed by atoms with Crippen LogP contribution < -0.4 is 0 Å². The van der Waals surface area contributed by atoms with Gasteiger partial charge >= 0.3 is 7.82 Å². The van der Waals surface area contributed by atoms with E-state index in [2.05, 4.69) is 9.26 Å². The molecule has 0 radical (unpaired) electrons. The highest BCUT2D eigenvalue weighted by molar-refractivity contribution is 7.46. The summed E-state index contributed by atoms with van der Waals surface area (Å²) in [5.74, 6) is 0. The van der Waals surface area contributed by atoms with Gasteiger partial charge in [-0.3, -0.25) is 4.52 Å². The number of ether oxygens (including phenoxy) is 1. The number of aliphatic hydroxyl groups is 5. The molecular formula is C7H15O10P. The summed E-state index contributed by atoms with van der Waals surface area (Å²) >= 11 is 0. The van der Waals surface area contributed by atoms with Gasteiger partial charge in [-0.25, -0.2) is 4.57 Å². The van der Waals surface area contributed by atoms with Crippen LogP contribution in [0.5, 0.6) is 0 Å². The van der Waals surface area contributed by atoms with Gasteiger partial charge in [-0.05, 0) is 0 Å². The van der Waals surface area contributed by atoms with Crippen molar-refractivity contribution in [3.63, 3.8) is 0 Å². The fraction of sp³-hybridized carbons (Fsp3) is 1.00. The molecule has 18 heavy (non-hydrogen) atoms. The van der Waals surface area contributed by atoms with Crippen molar-refractivity contribution in [2.75, 3.05) is 6.61 Å². The smallest absolute Gasteiger partial charge is 0.388 e. The van der Waals surface area contributed by atoms with E-state index in [1.165, 1.54) is 0 Å². The Morgan fingerprint density at radius 2 is 1.67 bits per heavy atom. The molecule has 0 aromatic carbocycles. The van der Waals surface area contributed by atoms with Crippen molar-refractivity contribution in [1.29, 1.82) is 0 Å². The minimum Gasteiger partial charge on any atom is -0.388 e. The zero-order valence-corrected chi connectivity index (χ0v) is 9.87. The van der Waals surface area contributed by atoms with Gasteiger partial charge < -0.3 is 40.1 Å². The van der Waals surface area contributed by atoms with Gasteiger partial charge in [0.15, 0.2) is 6.29 Å². The summed E-state index contributed by atoms with van der Waals surface area (Å²) in [6, 6.07) is 0. The Labute approximate surface area is 101 Å². The minimum atomic E-state index is -4.80. The molecule has 0 saturated carbocycles. The van der Waals surface area contributed by atoms with Crippen LogP contribution in [-0.2, 0) is 13.8 Å². The fourth-order valence-electron chi connectivity index (χ4n) is 1.47. The molecule has 1 fully saturated rings. The molecule has 1 saturated heterocycles. The molecule has 0 aromatic rings. The molecule has 0 aromatic heterocycles. The van der Waals surface area contributed by atoms with Crippen LogP contribution in [-0.4, -0.2) is 78.7 Å². The Hall–Kier alpha value is -0.130. The van der Waals surface area contributed by atoms with Gasteiger partial charge in [-0.1, -0.05) is 0 Å². The van der Waals surface area contributed by atoms with Gasteiger partial charge in [-0.15, -0.1) is 0 Å². The second-order valence-electron chi connectivity index (χ2n) is 3.82. The molecule has 10 nitrogen and oxygen atoms in total. The van der Waals surface area contributed by atoms with E-state index < -0.39 is 51.2 Å². The molecule has 1 rings (SSSR count). The van der Waals surface area contributed by atoms with Crippen LogP contribution in [0.4, 0.5) is 0 Å². The first-order valence-corrected chi connectivity index (χ1v) is 6.42. The molecule has 11 heteroatoms. The van der Waals surface area contributed by atoms with Crippen LogP contribution in [0.1, 0.15) is 0 Å². The molecule has 0 aliphatic carbocycles. The molecular weight excluding hydrogens is 275 g/mol. The average molecular weight is 290 g/mol. The van der Waals surface area contributed by atoms with Gasteiger partial charge in [0.2, 0.25) is 0 Å². The van der Waals surface area contributed by atoms with Crippen LogP contribution in [0.25, 0.3) is 0 Å². The summed E-state index contributed by atoms with van der Waals surface area (Å²) in [7, 11) is -4.80. The van der Waals surface area contributed by atoms with E-state index in [4.69, 9.17) is 20.0 Å². The van der Waals surface area contributed by atoms with Crippen molar-refractivity contribution in [3.05, 3.63) is 0 Å². The third-order valence-corrected chi connectivity index (χ3v) is 2.90. The number of phosphoric acid groups is 1. The Morgan fingerprint density at radius 1 is 1.11 bits per heavy atom. The van der Waals surface area contributed by atoms with Crippen LogP contribution in [0.3, 0.4) is 0 Å². The fourth-order valence-corrected chi connectivity index (χ4v) is 1.82. The van der Waals surface area contributed by atoms with E-state index in [0.717, 1.165) is 0 Å². The highest BCUT2D eigenvalue weighted by Crippen LogP contribution is 2.36. The Kier molecular flexibility index (Phi) is 5.21. The van der Waals surface area contributed by atoms with Crippen molar-refractivity contribution in [2.24, 2.45) is 0 Å². The maximum atomic E-state index is 10.4. The van der Waals surface area contributed by atoms with Gasteiger partial charge in [0, 0.05) is 0 Å². The molecule has 6 atom stereocenters. The maximum absolute atomic E-state index is 10.4. The predicted molar refractivity (Wildman–Crippen MR) is 52.9 cm³/mol. The lowest BCUT2D eigenvalue weighted by molar-refractivity contribution is -0.298. The van der Waals surface area contributed by atoms with Crippen molar-refractivity contribution >= 4 is 7.82 Å². The van der Waals surface area contributed by atoms with Crippen molar-refractivity contribution in [2.45, 2.75) is 36.8 Å². The van der Waals surface area contributed by atoms with Crippen molar-refractivity contribution in [3.8, 4) is 0 Å². The molecule has 0 amide bonds. The summed E-state index contributed by atoms with van der Waals surface area (Å²) in [6.45, 7) is -0.887. The van der Waals surface area contributed by atoms with Crippen molar-refractivity contribution < 1.29 is 49.1 Å². The quantitative estimate of drug-likeness (QED) is 0.254. The zero-order valence-electron chi connectivity index (χ0n) is 8.97. The van der Waals surface area contributed by atoms with E-state index in [-0.39, 0.29) is 0 Å². The first-order chi connectivity index (χ1) is 8.13. The summed E-state index contributed by atoms with van der Waals surface area (Å²) in [6.07, 6.45) is -10.4. The van der Waals surface area contributed by atoms with Crippen LogP contribution in [0.15, 0.2) is 0 Å². The topological polar surface area (TPSA) is 177 Å². The number of hydrogen-bond acceptors (Lipinski definition) is 8. The molecule has 1 heterocycles. The molecule has 7 N–H and O–H groups in total. The number of phosphoric ester groups is 1. The number of aliphatic hydroxyl groups excluding tert-OH is 5. The second-order valence-corrected chi connectivity index (χ2v) is 5.06. The molecule has 1 aliphatic rings. The van der Waals surface area contributed by atoms with E-state index in [9.17, 15) is 19.9 Å². The third kappa shape index (κ3) is 3.93. The van der Waals surface area contributed by atoms with Crippen LogP contribution in [0, 0.1) is 0 Å². The summed E-state index contributed by atoms with van der Waals surface area (Å²) < 4.78 is 19.0. The Bertz CT molecular complexity index is 317. The summed E-state index contributed by atoms with van der Waals surface area (Å²) in [4.78, 5) is 16.8. The van der Waals surface area contributed by atoms with E-state index in [1.54, 1.807) is 0 Å². The number of hydrogen-bond donors (Lipinski definition) is 7. The zero-order chi connectivity index (χ0) is 14.1. The normalized spacial score (nSPS) is 39.6. The summed E-state index contributed by atoms with van der Waals surface area (Å²) in [5, 5.41) is 46.6. The van der Waals surface area contributed by atoms with Gasteiger partial charge in [0.05, 0.1) is 6.61 Å². The first kappa shape index (κ1) is 15.9. The Morgan fingerprint density at radius 3 is 2.17 bits per heavy atom. The Balaban J connectivity index is 2.62.